The highest BCUT2D eigenvalue weighted by Gasteiger charge is 2.09. The van der Waals surface area contributed by atoms with E-state index in [1.165, 1.54) is 18.2 Å². The number of halogens is 2. The zero-order valence-electron chi connectivity index (χ0n) is 12.0. The third kappa shape index (κ3) is 3.87. The zero-order chi connectivity index (χ0) is 15.4. The van der Waals surface area contributed by atoms with Crippen molar-refractivity contribution < 1.29 is 8.78 Å². The molecule has 0 amide bonds. The van der Waals surface area contributed by atoms with Crippen LogP contribution >= 0.6 is 0 Å². The lowest BCUT2D eigenvalue weighted by Gasteiger charge is -2.11. The van der Waals surface area contributed by atoms with Gasteiger partial charge in [0.25, 0.3) is 0 Å². The second-order valence-corrected chi connectivity index (χ2v) is 5.19. The standard InChI is InChI=1S/C17H16F2N2/c1-11(2)21-10-12-3-4-17(19)16(7-12)14-5-13(9-20)6-15(18)8-14/h3-8,11,21H,10H2,1-2H3. The van der Waals surface area contributed by atoms with Crippen LogP contribution in [0.4, 0.5) is 8.78 Å². The van der Waals surface area contributed by atoms with Crippen molar-refractivity contribution in [1.29, 1.82) is 5.26 Å². The summed E-state index contributed by atoms with van der Waals surface area (Å²) in [6.45, 7) is 4.65. The van der Waals surface area contributed by atoms with E-state index in [1.807, 2.05) is 19.9 Å². The van der Waals surface area contributed by atoms with Crippen LogP contribution < -0.4 is 5.32 Å². The zero-order valence-corrected chi connectivity index (χ0v) is 12.0. The van der Waals surface area contributed by atoms with Crippen LogP contribution in [0.25, 0.3) is 11.1 Å². The summed E-state index contributed by atoms with van der Waals surface area (Å²) in [7, 11) is 0. The molecule has 0 atom stereocenters. The number of nitriles is 1. The van der Waals surface area contributed by atoms with Crippen LogP contribution in [-0.2, 0) is 6.54 Å². The first-order valence-electron chi connectivity index (χ1n) is 6.72. The van der Waals surface area contributed by atoms with Crippen molar-refractivity contribution >= 4 is 0 Å². The third-order valence-electron chi connectivity index (χ3n) is 3.08. The summed E-state index contributed by atoms with van der Waals surface area (Å²) < 4.78 is 27.5. The summed E-state index contributed by atoms with van der Waals surface area (Å²) in [5.74, 6) is -0.980. The minimum Gasteiger partial charge on any atom is -0.310 e. The maximum Gasteiger partial charge on any atom is 0.131 e. The van der Waals surface area contributed by atoms with Crippen LogP contribution in [0.3, 0.4) is 0 Å². The molecule has 0 bridgehead atoms. The molecule has 0 radical (unpaired) electrons. The fourth-order valence-electron chi connectivity index (χ4n) is 2.04. The van der Waals surface area contributed by atoms with E-state index in [4.69, 9.17) is 5.26 Å². The number of nitrogens with one attached hydrogen (secondary N) is 1. The summed E-state index contributed by atoms with van der Waals surface area (Å²) in [5.41, 5.74) is 1.75. The SMILES string of the molecule is CC(C)NCc1ccc(F)c(-c2cc(F)cc(C#N)c2)c1. The van der Waals surface area contributed by atoms with Crippen molar-refractivity contribution in [3.8, 4) is 17.2 Å². The Bertz CT molecular complexity index is 688. The van der Waals surface area contributed by atoms with Gasteiger partial charge in [-0.15, -0.1) is 0 Å². The predicted molar refractivity (Wildman–Crippen MR) is 78.5 cm³/mol. The van der Waals surface area contributed by atoms with Crippen molar-refractivity contribution in [2.24, 2.45) is 0 Å². The lowest BCUT2D eigenvalue weighted by molar-refractivity contribution is 0.586. The molecule has 0 unspecified atom stereocenters. The monoisotopic (exact) mass is 286 g/mol. The Kier molecular flexibility index (Phi) is 4.66. The van der Waals surface area contributed by atoms with Gasteiger partial charge in [0, 0.05) is 18.2 Å². The van der Waals surface area contributed by atoms with Crippen molar-refractivity contribution in [3.63, 3.8) is 0 Å². The second kappa shape index (κ2) is 6.47. The van der Waals surface area contributed by atoms with Gasteiger partial charge in [-0.25, -0.2) is 8.78 Å². The molecule has 2 rings (SSSR count). The fraction of sp³-hybridized carbons (Fsp3) is 0.235. The molecule has 0 fully saturated rings. The van der Waals surface area contributed by atoms with Gasteiger partial charge >= 0.3 is 0 Å². The Morgan fingerprint density at radius 2 is 1.90 bits per heavy atom. The van der Waals surface area contributed by atoms with Crippen LogP contribution in [0.2, 0.25) is 0 Å². The smallest absolute Gasteiger partial charge is 0.131 e. The molecule has 2 nitrogen and oxygen atoms in total. The number of hydrogen-bond donors (Lipinski definition) is 1. The Morgan fingerprint density at radius 1 is 1.14 bits per heavy atom. The highest BCUT2D eigenvalue weighted by Crippen LogP contribution is 2.26. The molecule has 0 saturated heterocycles. The normalized spacial score (nSPS) is 10.7. The number of benzene rings is 2. The summed E-state index contributed by atoms with van der Waals surface area (Å²) in [6.07, 6.45) is 0. The van der Waals surface area contributed by atoms with Gasteiger partial charge in [0.05, 0.1) is 11.6 Å². The van der Waals surface area contributed by atoms with E-state index in [9.17, 15) is 8.78 Å². The number of hydrogen-bond acceptors (Lipinski definition) is 2. The largest absolute Gasteiger partial charge is 0.310 e. The van der Waals surface area contributed by atoms with E-state index in [0.29, 0.717) is 23.7 Å². The lowest BCUT2D eigenvalue weighted by Crippen LogP contribution is -2.21. The molecule has 0 aliphatic heterocycles. The van der Waals surface area contributed by atoms with Gasteiger partial charge in [0.1, 0.15) is 11.6 Å². The Labute approximate surface area is 123 Å². The van der Waals surface area contributed by atoms with Crippen LogP contribution in [0.1, 0.15) is 25.0 Å². The van der Waals surface area contributed by atoms with Crippen molar-refractivity contribution in [3.05, 3.63) is 59.2 Å². The molecular weight excluding hydrogens is 270 g/mol. The second-order valence-electron chi connectivity index (χ2n) is 5.19. The molecule has 2 aromatic rings. The van der Waals surface area contributed by atoms with Gasteiger partial charge in [0.2, 0.25) is 0 Å². The molecule has 21 heavy (non-hydrogen) atoms. The minimum absolute atomic E-state index is 0.176. The first kappa shape index (κ1) is 15.1. The van der Waals surface area contributed by atoms with Crippen LogP contribution in [-0.4, -0.2) is 6.04 Å². The van der Waals surface area contributed by atoms with E-state index in [0.717, 1.165) is 11.6 Å². The summed E-state index contributed by atoms with van der Waals surface area (Å²) in [6, 6.07) is 10.8. The van der Waals surface area contributed by atoms with Gasteiger partial charge in [0.15, 0.2) is 0 Å². The molecule has 0 spiro atoms. The quantitative estimate of drug-likeness (QED) is 0.922. The highest BCUT2D eigenvalue weighted by molar-refractivity contribution is 5.66. The van der Waals surface area contributed by atoms with E-state index < -0.39 is 11.6 Å². The minimum atomic E-state index is -0.547. The Balaban J connectivity index is 2.41. The van der Waals surface area contributed by atoms with Crippen molar-refractivity contribution in [2.45, 2.75) is 26.4 Å². The topological polar surface area (TPSA) is 35.8 Å². The van der Waals surface area contributed by atoms with Crippen LogP contribution in [0.5, 0.6) is 0 Å². The van der Waals surface area contributed by atoms with Gasteiger partial charge in [-0.1, -0.05) is 19.9 Å². The van der Waals surface area contributed by atoms with Gasteiger partial charge < -0.3 is 5.32 Å². The Morgan fingerprint density at radius 3 is 2.57 bits per heavy atom. The molecular formula is C17H16F2N2. The molecule has 2 aromatic carbocycles. The van der Waals surface area contributed by atoms with Crippen molar-refractivity contribution in [1.82, 2.24) is 5.32 Å². The van der Waals surface area contributed by atoms with Gasteiger partial charge in [-0.3, -0.25) is 0 Å². The van der Waals surface area contributed by atoms with E-state index in [2.05, 4.69) is 5.32 Å². The third-order valence-corrected chi connectivity index (χ3v) is 3.08. The lowest BCUT2D eigenvalue weighted by atomic mass is 10.0. The fourth-order valence-corrected chi connectivity index (χ4v) is 2.04. The molecule has 0 heterocycles. The molecule has 108 valence electrons. The molecule has 0 aliphatic rings. The molecule has 0 saturated carbocycles. The van der Waals surface area contributed by atoms with E-state index in [1.54, 1.807) is 12.1 Å². The average Bonchev–Trinajstić information content (AvgIpc) is 2.45. The first-order chi connectivity index (χ1) is 9.99. The van der Waals surface area contributed by atoms with Crippen molar-refractivity contribution in [2.75, 3.05) is 0 Å². The Hall–Kier alpha value is -2.25. The van der Waals surface area contributed by atoms with Gasteiger partial charge in [-0.05, 0) is 41.5 Å². The summed E-state index contributed by atoms with van der Waals surface area (Å²) in [5, 5.41) is 12.1. The molecule has 4 heteroatoms. The van der Waals surface area contributed by atoms with E-state index >= 15 is 0 Å². The first-order valence-corrected chi connectivity index (χ1v) is 6.72. The maximum atomic E-state index is 14.0. The highest BCUT2D eigenvalue weighted by atomic mass is 19.1. The molecule has 0 aliphatic carbocycles. The van der Waals surface area contributed by atoms with Gasteiger partial charge in [-0.2, -0.15) is 5.26 Å². The molecule has 0 aromatic heterocycles. The van der Waals surface area contributed by atoms with Crippen LogP contribution in [0, 0.1) is 23.0 Å². The van der Waals surface area contributed by atoms with E-state index in [-0.39, 0.29) is 5.56 Å². The van der Waals surface area contributed by atoms with Crippen LogP contribution in [0.15, 0.2) is 36.4 Å². The number of rotatable bonds is 4. The summed E-state index contributed by atoms with van der Waals surface area (Å²) >= 11 is 0. The average molecular weight is 286 g/mol. The summed E-state index contributed by atoms with van der Waals surface area (Å²) in [4.78, 5) is 0. The number of nitrogens with zero attached hydrogens (tertiary/aromatic N) is 1. The maximum absolute atomic E-state index is 14.0. The predicted octanol–water partition coefficient (Wildman–Crippen LogP) is 4.00. The molecule has 1 N–H and O–H groups in total.